The lowest BCUT2D eigenvalue weighted by Crippen LogP contribution is -2.41. The van der Waals surface area contributed by atoms with E-state index in [0.717, 1.165) is 28.0 Å². The van der Waals surface area contributed by atoms with Crippen LogP contribution in [-0.4, -0.2) is 35.0 Å². The third-order valence-corrected chi connectivity index (χ3v) is 5.40. The molecule has 5 nitrogen and oxygen atoms in total. The van der Waals surface area contributed by atoms with Crippen molar-refractivity contribution in [2.45, 2.75) is 38.9 Å². The molecule has 0 radical (unpaired) electrons. The number of pyridine rings is 1. The number of aromatic nitrogens is 2. The minimum absolute atomic E-state index is 0.349. The van der Waals surface area contributed by atoms with Gasteiger partial charge in [-0.2, -0.15) is 5.10 Å². The van der Waals surface area contributed by atoms with Crippen molar-refractivity contribution in [3.05, 3.63) is 48.7 Å². The Balaban J connectivity index is 1.66. The molecule has 1 aliphatic rings. The van der Waals surface area contributed by atoms with Gasteiger partial charge in [0.15, 0.2) is 0 Å². The van der Waals surface area contributed by atoms with E-state index in [-0.39, 0.29) is 18.3 Å². The number of fused-ring (bicyclic) bond motifs is 1. The van der Waals surface area contributed by atoms with E-state index >= 15 is 0 Å². The van der Waals surface area contributed by atoms with Gasteiger partial charge in [0.2, 0.25) is 0 Å². The first-order valence-corrected chi connectivity index (χ1v) is 8.78. The predicted octanol–water partition coefficient (Wildman–Crippen LogP) is 3.31. The topological polar surface area (TPSA) is 45.0 Å². The summed E-state index contributed by atoms with van der Waals surface area (Å²) in [6.45, 7) is 8.25. The lowest BCUT2D eigenvalue weighted by atomic mass is 9.79. The Morgan fingerprint density at radius 2 is 1.62 bits per heavy atom. The molecule has 1 saturated heterocycles. The van der Waals surface area contributed by atoms with Gasteiger partial charge >= 0.3 is 7.12 Å². The number of nitrogens with zero attached hydrogens (tertiary/aromatic N) is 2. The van der Waals surface area contributed by atoms with Crippen LogP contribution in [0.25, 0.3) is 16.8 Å². The SMILES string of the molecule is COc1ccc(-c2cc3cc(B4OC(C)(C)C(C)(C)O4)ccn3n2)cc1. The summed E-state index contributed by atoms with van der Waals surface area (Å²) in [6.07, 6.45) is 1.95. The van der Waals surface area contributed by atoms with E-state index in [1.54, 1.807) is 7.11 Å². The summed E-state index contributed by atoms with van der Waals surface area (Å²) in [4.78, 5) is 0. The minimum atomic E-state index is -0.371. The molecule has 1 aliphatic heterocycles. The Bertz CT molecular complexity index is 931. The second-order valence-corrected chi connectivity index (χ2v) is 7.68. The zero-order valence-electron chi connectivity index (χ0n) is 15.8. The fourth-order valence-electron chi connectivity index (χ4n) is 3.04. The average Bonchev–Trinajstić information content (AvgIpc) is 3.12. The van der Waals surface area contributed by atoms with Crippen LogP contribution in [0.15, 0.2) is 48.7 Å². The molecule has 6 heteroatoms. The summed E-state index contributed by atoms with van der Waals surface area (Å²) in [7, 11) is 1.29. The van der Waals surface area contributed by atoms with Crippen molar-refractivity contribution in [3.8, 4) is 17.0 Å². The van der Waals surface area contributed by atoms with Gasteiger partial charge in [0.05, 0.1) is 29.5 Å². The number of rotatable bonds is 3. The van der Waals surface area contributed by atoms with Crippen molar-refractivity contribution < 1.29 is 14.0 Å². The van der Waals surface area contributed by atoms with Crippen molar-refractivity contribution in [1.82, 2.24) is 9.61 Å². The first-order valence-electron chi connectivity index (χ1n) is 8.78. The van der Waals surface area contributed by atoms with Crippen LogP contribution in [0.1, 0.15) is 27.7 Å². The van der Waals surface area contributed by atoms with Gasteiger partial charge in [0, 0.05) is 11.8 Å². The molecule has 0 N–H and O–H groups in total. The maximum absolute atomic E-state index is 6.15. The molecule has 0 bridgehead atoms. The molecule has 3 heterocycles. The second-order valence-electron chi connectivity index (χ2n) is 7.68. The largest absolute Gasteiger partial charge is 0.497 e. The monoisotopic (exact) mass is 350 g/mol. The maximum atomic E-state index is 6.15. The van der Waals surface area contributed by atoms with Crippen LogP contribution in [0, 0.1) is 0 Å². The highest BCUT2D eigenvalue weighted by Gasteiger charge is 2.51. The predicted molar refractivity (Wildman–Crippen MR) is 103 cm³/mol. The smallest absolute Gasteiger partial charge is 0.494 e. The fraction of sp³-hybridized carbons (Fsp3) is 0.350. The average molecular weight is 350 g/mol. The molecule has 4 rings (SSSR count). The molecule has 3 aromatic rings. The second kappa shape index (κ2) is 5.86. The number of hydrogen-bond acceptors (Lipinski definition) is 4. The molecule has 0 spiro atoms. The van der Waals surface area contributed by atoms with Crippen LogP contribution in [0.5, 0.6) is 5.75 Å². The van der Waals surface area contributed by atoms with E-state index in [1.807, 2.05) is 41.0 Å². The molecule has 2 aromatic heterocycles. The van der Waals surface area contributed by atoms with E-state index in [0.29, 0.717) is 0 Å². The van der Waals surface area contributed by atoms with Gasteiger partial charge in [0.25, 0.3) is 0 Å². The van der Waals surface area contributed by atoms with E-state index < -0.39 is 0 Å². The molecule has 0 saturated carbocycles. The molecular formula is C20H23BN2O3. The van der Waals surface area contributed by atoms with E-state index in [4.69, 9.17) is 14.0 Å². The van der Waals surface area contributed by atoms with Crippen molar-refractivity contribution in [2.75, 3.05) is 7.11 Å². The third-order valence-electron chi connectivity index (χ3n) is 5.40. The number of methoxy groups -OCH3 is 1. The Morgan fingerprint density at radius 3 is 2.23 bits per heavy atom. The summed E-state index contributed by atoms with van der Waals surface area (Å²) in [5.41, 5.74) is 3.27. The molecule has 134 valence electrons. The molecule has 0 amide bonds. The summed E-state index contributed by atoms with van der Waals surface area (Å²) in [6, 6.07) is 14.0. The van der Waals surface area contributed by atoms with E-state index in [2.05, 4.69) is 44.9 Å². The summed E-state index contributed by atoms with van der Waals surface area (Å²) < 4.78 is 19.4. The van der Waals surface area contributed by atoms with Gasteiger partial charge < -0.3 is 14.0 Å². The van der Waals surface area contributed by atoms with Gasteiger partial charge in [-0.15, -0.1) is 0 Å². The Labute approximate surface area is 154 Å². The molecular weight excluding hydrogens is 327 g/mol. The highest BCUT2D eigenvalue weighted by Crippen LogP contribution is 2.36. The molecule has 26 heavy (non-hydrogen) atoms. The fourth-order valence-corrected chi connectivity index (χ4v) is 3.04. The summed E-state index contributed by atoms with van der Waals surface area (Å²) in [5.74, 6) is 0.834. The first-order chi connectivity index (χ1) is 12.3. The normalized spacial score (nSPS) is 18.4. The molecule has 1 fully saturated rings. The molecule has 1 aromatic carbocycles. The first kappa shape index (κ1) is 17.1. The lowest BCUT2D eigenvalue weighted by Gasteiger charge is -2.32. The van der Waals surface area contributed by atoms with Crippen LogP contribution >= 0.6 is 0 Å². The summed E-state index contributed by atoms with van der Waals surface area (Å²) in [5, 5.41) is 4.66. The number of ether oxygens (including phenoxy) is 1. The van der Waals surface area contributed by atoms with Gasteiger partial charge in [-0.3, -0.25) is 0 Å². The van der Waals surface area contributed by atoms with E-state index in [9.17, 15) is 0 Å². The van der Waals surface area contributed by atoms with Crippen molar-refractivity contribution >= 4 is 18.1 Å². The molecule has 0 aliphatic carbocycles. The highest BCUT2D eigenvalue weighted by molar-refractivity contribution is 6.62. The maximum Gasteiger partial charge on any atom is 0.494 e. The zero-order chi connectivity index (χ0) is 18.5. The zero-order valence-corrected chi connectivity index (χ0v) is 15.8. The van der Waals surface area contributed by atoms with Gasteiger partial charge in [-0.05, 0) is 75.6 Å². The summed E-state index contributed by atoms with van der Waals surface area (Å²) >= 11 is 0. The van der Waals surface area contributed by atoms with Crippen LogP contribution in [-0.2, 0) is 9.31 Å². The third kappa shape index (κ3) is 2.79. The quantitative estimate of drug-likeness (QED) is 0.680. The van der Waals surface area contributed by atoms with Crippen LogP contribution in [0.2, 0.25) is 0 Å². The lowest BCUT2D eigenvalue weighted by molar-refractivity contribution is 0.00578. The van der Waals surface area contributed by atoms with Crippen LogP contribution < -0.4 is 10.2 Å². The van der Waals surface area contributed by atoms with E-state index in [1.165, 1.54) is 0 Å². The Kier molecular flexibility index (Phi) is 3.86. The number of hydrogen-bond donors (Lipinski definition) is 0. The van der Waals surface area contributed by atoms with Crippen molar-refractivity contribution in [1.29, 1.82) is 0 Å². The number of benzene rings is 1. The van der Waals surface area contributed by atoms with Crippen molar-refractivity contribution in [2.24, 2.45) is 0 Å². The van der Waals surface area contributed by atoms with Gasteiger partial charge in [0.1, 0.15) is 5.75 Å². The van der Waals surface area contributed by atoms with Crippen LogP contribution in [0.3, 0.4) is 0 Å². The standard InChI is InChI=1S/C20H23BN2O3/c1-19(2)20(3,4)26-21(25-19)15-10-11-23-16(12-15)13-18(22-23)14-6-8-17(24-5)9-7-14/h6-13H,1-5H3. The minimum Gasteiger partial charge on any atom is -0.497 e. The Hall–Kier alpha value is -2.31. The highest BCUT2D eigenvalue weighted by atomic mass is 16.7. The van der Waals surface area contributed by atoms with Crippen molar-refractivity contribution in [3.63, 3.8) is 0 Å². The van der Waals surface area contributed by atoms with Gasteiger partial charge in [-0.1, -0.05) is 0 Å². The Morgan fingerprint density at radius 1 is 0.962 bits per heavy atom. The van der Waals surface area contributed by atoms with Gasteiger partial charge in [-0.25, -0.2) is 4.52 Å². The van der Waals surface area contributed by atoms with Crippen LogP contribution in [0.4, 0.5) is 0 Å². The molecule has 0 unspecified atom stereocenters. The molecule has 0 atom stereocenters.